The van der Waals surface area contributed by atoms with Crippen LogP contribution in [0.2, 0.25) is 0 Å². The summed E-state index contributed by atoms with van der Waals surface area (Å²) in [5.74, 6) is 1.46. The maximum Gasteiger partial charge on any atom is 0.173 e. The third kappa shape index (κ3) is 3.76. The van der Waals surface area contributed by atoms with Gasteiger partial charge in [0.05, 0.1) is 11.0 Å². The highest BCUT2D eigenvalue weighted by molar-refractivity contribution is 7.80. The summed E-state index contributed by atoms with van der Waals surface area (Å²) in [6.45, 7) is 10.4. The van der Waals surface area contributed by atoms with Crippen molar-refractivity contribution < 1.29 is 0 Å². The van der Waals surface area contributed by atoms with Gasteiger partial charge in [-0.1, -0.05) is 6.07 Å². The number of likely N-dealkylation sites (tertiary alicyclic amines) is 1. The standard InChI is InChI=1S/C23H28N4S/c1-14-7-8-19(10-15(14)2)24-23(28)27-9-5-6-18(13-27)22-25-20-11-16(3)17(4)12-21(20)26-22/h7-8,10-12,18H,5-6,9,13H2,1-4H3,(H,24,28)(H,25,26)/t18-/m1/s1. The second-order valence-electron chi connectivity index (χ2n) is 8.09. The van der Waals surface area contributed by atoms with Crippen molar-refractivity contribution in [3.8, 4) is 0 Å². The maximum atomic E-state index is 5.72. The molecule has 2 heterocycles. The van der Waals surface area contributed by atoms with Crippen molar-refractivity contribution in [1.82, 2.24) is 14.9 Å². The molecule has 1 aliphatic rings. The number of fused-ring (bicyclic) bond motifs is 1. The van der Waals surface area contributed by atoms with Crippen molar-refractivity contribution >= 4 is 34.1 Å². The average Bonchev–Trinajstić information content (AvgIpc) is 3.08. The number of H-pyrrole nitrogens is 1. The molecule has 4 nitrogen and oxygen atoms in total. The van der Waals surface area contributed by atoms with Gasteiger partial charge in [-0.3, -0.25) is 0 Å². The van der Waals surface area contributed by atoms with Crippen LogP contribution in [0, 0.1) is 27.7 Å². The number of aromatic amines is 1. The Hall–Kier alpha value is -2.40. The predicted octanol–water partition coefficient (Wildman–Crippen LogP) is 5.37. The first-order valence-corrected chi connectivity index (χ1v) is 10.4. The minimum Gasteiger partial charge on any atom is -0.348 e. The minimum atomic E-state index is 0.376. The molecule has 3 aromatic rings. The molecule has 1 aromatic heterocycles. The van der Waals surface area contributed by atoms with E-state index in [1.54, 1.807) is 0 Å². The predicted molar refractivity (Wildman–Crippen MR) is 121 cm³/mol. The van der Waals surface area contributed by atoms with Gasteiger partial charge in [-0.05, 0) is 99.3 Å². The van der Waals surface area contributed by atoms with Gasteiger partial charge >= 0.3 is 0 Å². The van der Waals surface area contributed by atoms with E-state index in [9.17, 15) is 0 Å². The van der Waals surface area contributed by atoms with Crippen LogP contribution in [0.5, 0.6) is 0 Å². The summed E-state index contributed by atoms with van der Waals surface area (Å²) < 4.78 is 0. The summed E-state index contributed by atoms with van der Waals surface area (Å²) in [4.78, 5) is 10.7. The smallest absolute Gasteiger partial charge is 0.173 e. The third-order valence-corrected chi connectivity index (χ3v) is 6.33. The first kappa shape index (κ1) is 18.9. The highest BCUT2D eigenvalue weighted by atomic mass is 32.1. The lowest BCUT2D eigenvalue weighted by Crippen LogP contribution is -2.41. The monoisotopic (exact) mass is 392 g/mol. The molecular formula is C23H28N4S. The number of thiocarbonyl (C=S) groups is 1. The topological polar surface area (TPSA) is 44.0 Å². The summed E-state index contributed by atoms with van der Waals surface area (Å²) in [5.41, 5.74) is 8.41. The molecule has 5 heteroatoms. The Kier molecular flexibility index (Phi) is 5.11. The van der Waals surface area contributed by atoms with E-state index >= 15 is 0 Å². The van der Waals surface area contributed by atoms with Gasteiger partial charge in [0.2, 0.25) is 0 Å². The van der Waals surface area contributed by atoms with Crippen LogP contribution in [0.1, 0.15) is 46.8 Å². The molecule has 0 radical (unpaired) electrons. The maximum absolute atomic E-state index is 5.72. The van der Waals surface area contributed by atoms with Gasteiger partial charge in [-0.15, -0.1) is 0 Å². The van der Waals surface area contributed by atoms with Crippen LogP contribution in [0.15, 0.2) is 30.3 Å². The fourth-order valence-corrected chi connectivity index (χ4v) is 4.17. The molecule has 2 aromatic carbocycles. The van der Waals surface area contributed by atoms with Crippen molar-refractivity contribution in [2.75, 3.05) is 18.4 Å². The number of anilines is 1. The number of nitrogens with one attached hydrogen (secondary N) is 2. The van der Waals surface area contributed by atoms with Crippen LogP contribution < -0.4 is 5.32 Å². The summed E-state index contributed by atoms with van der Waals surface area (Å²) >= 11 is 5.72. The number of aryl methyl sites for hydroxylation is 4. The number of imidazole rings is 1. The molecule has 0 bridgehead atoms. The lowest BCUT2D eigenvalue weighted by atomic mass is 9.98. The number of benzene rings is 2. The first-order chi connectivity index (χ1) is 13.4. The number of rotatable bonds is 2. The van der Waals surface area contributed by atoms with Crippen LogP contribution in [0.3, 0.4) is 0 Å². The van der Waals surface area contributed by atoms with Gasteiger partial charge in [-0.25, -0.2) is 4.98 Å². The Bertz CT molecular complexity index is 998. The number of hydrogen-bond acceptors (Lipinski definition) is 2. The van der Waals surface area contributed by atoms with Crippen molar-refractivity contribution in [2.24, 2.45) is 0 Å². The molecule has 1 aliphatic heterocycles. The summed E-state index contributed by atoms with van der Waals surface area (Å²) in [6, 6.07) is 10.8. The second-order valence-corrected chi connectivity index (χ2v) is 8.48. The molecule has 0 unspecified atom stereocenters. The van der Waals surface area contributed by atoms with Gasteiger partial charge < -0.3 is 15.2 Å². The molecule has 1 atom stereocenters. The molecule has 146 valence electrons. The molecule has 0 amide bonds. The molecule has 28 heavy (non-hydrogen) atoms. The zero-order valence-corrected chi connectivity index (χ0v) is 17.9. The number of hydrogen-bond donors (Lipinski definition) is 2. The number of piperidine rings is 1. The molecule has 0 saturated carbocycles. The molecular weight excluding hydrogens is 364 g/mol. The summed E-state index contributed by atoms with van der Waals surface area (Å²) in [7, 11) is 0. The zero-order valence-electron chi connectivity index (χ0n) is 17.1. The fraction of sp³-hybridized carbons (Fsp3) is 0.391. The zero-order chi connectivity index (χ0) is 19.8. The van der Waals surface area contributed by atoms with Crippen LogP contribution in [-0.2, 0) is 0 Å². The molecule has 4 rings (SSSR count). The Morgan fingerprint density at radius 2 is 1.82 bits per heavy atom. The van der Waals surface area contributed by atoms with Crippen LogP contribution >= 0.6 is 12.2 Å². The van der Waals surface area contributed by atoms with E-state index in [1.807, 2.05) is 0 Å². The fourth-order valence-electron chi connectivity index (χ4n) is 3.89. The quantitative estimate of drug-likeness (QED) is 0.575. The van der Waals surface area contributed by atoms with Crippen molar-refractivity contribution in [2.45, 2.75) is 46.5 Å². The highest BCUT2D eigenvalue weighted by Crippen LogP contribution is 2.28. The van der Waals surface area contributed by atoms with Gasteiger partial charge in [0.25, 0.3) is 0 Å². The average molecular weight is 393 g/mol. The summed E-state index contributed by atoms with van der Waals surface area (Å²) in [5, 5.41) is 4.22. The number of nitrogens with zero attached hydrogens (tertiary/aromatic N) is 2. The van der Waals surface area contributed by atoms with E-state index in [1.165, 1.54) is 22.3 Å². The molecule has 0 spiro atoms. The van der Waals surface area contributed by atoms with E-state index in [2.05, 4.69) is 73.2 Å². The van der Waals surface area contributed by atoms with Crippen molar-refractivity contribution in [3.05, 3.63) is 58.4 Å². The largest absolute Gasteiger partial charge is 0.348 e. The normalized spacial score (nSPS) is 17.1. The Morgan fingerprint density at radius 3 is 2.61 bits per heavy atom. The van der Waals surface area contributed by atoms with E-state index in [4.69, 9.17) is 17.2 Å². The van der Waals surface area contributed by atoms with E-state index in [0.29, 0.717) is 5.92 Å². The van der Waals surface area contributed by atoms with Crippen LogP contribution in [-0.4, -0.2) is 33.1 Å². The SMILES string of the molecule is Cc1ccc(NC(=S)N2CCC[C@@H](c3nc4cc(C)c(C)cc4[nH]3)C2)cc1C. The van der Waals surface area contributed by atoms with Crippen LogP contribution in [0.25, 0.3) is 11.0 Å². The Labute approximate surface area is 172 Å². The highest BCUT2D eigenvalue weighted by Gasteiger charge is 2.25. The molecule has 1 saturated heterocycles. The second kappa shape index (κ2) is 7.55. The van der Waals surface area contributed by atoms with Gasteiger partial charge in [0, 0.05) is 24.7 Å². The van der Waals surface area contributed by atoms with Crippen molar-refractivity contribution in [3.63, 3.8) is 0 Å². The molecule has 0 aliphatic carbocycles. The van der Waals surface area contributed by atoms with E-state index in [-0.39, 0.29) is 0 Å². The Morgan fingerprint density at radius 1 is 1.07 bits per heavy atom. The lowest BCUT2D eigenvalue weighted by molar-refractivity contribution is 0.307. The van der Waals surface area contributed by atoms with Crippen LogP contribution in [0.4, 0.5) is 5.69 Å². The minimum absolute atomic E-state index is 0.376. The van der Waals surface area contributed by atoms with E-state index < -0.39 is 0 Å². The number of aromatic nitrogens is 2. The summed E-state index contributed by atoms with van der Waals surface area (Å²) in [6.07, 6.45) is 2.26. The van der Waals surface area contributed by atoms with Gasteiger partial charge in [0.1, 0.15) is 5.82 Å². The van der Waals surface area contributed by atoms with E-state index in [0.717, 1.165) is 53.6 Å². The first-order valence-electron chi connectivity index (χ1n) is 10.0. The van der Waals surface area contributed by atoms with Gasteiger partial charge in [-0.2, -0.15) is 0 Å². The van der Waals surface area contributed by atoms with Crippen molar-refractivity contribution in [1.29, 1.82) is 0 Å². The lowest BCUT2D eigenvalue weighted by Gasteiger charge is -2.33. The molecule has 1 fully saturated rings. The third-order valence-electron chi connectivity index (χ3n) is 5.97. The molecule has 2 N–H and O–H groups in total. The Balaban J connectivity index is 1.49. The van der Waals surface area contributed by atoms with Gasteiger partial charge in [0.15, 0.2) is 5.11 Å².